The van der Waals surface area contributed by atoms with Crippen molar-refractivity contribution in [3.8, 4) is 11.4 Å². The van der Waals surface area contributed by atoms with Crippen molar-refractivity contribution in [2.45, 2.75) is 13.5 Å². The van der Waals surface area contributed by atoms with Crippen molar-refractivity contribution in [2.24, 2.45) is 0 Å². The van der Waals surface area contributed by atoms with Crippen molar-refractivity contribution in [3.05, 3.63) is 65.8 Å². The molecule has 0 saturated carbocycles. The van der Waals surface area contributed by atoms with Crippen LogP contribution in [0.2, 0.25) is 0 Å². The third-order valence-electron chi connectivity index (χ3n) is 4.33. The Kier molecular flexibility index (Phi) is 6.66. The number of nitrogens with one attached hydrogen (secondary N) is 1. The van der Waals surface area contributed by atoms with E-state index in [0.717, 1.165) is 21.5 Å². The zero-order valence-electron chi connectivity index (χ0n) is 17.2. The fourth-order valence-electron chi connectivity index (χ4n) is 2.73. The van der Waals surface area contributed by atoms with Crippen LogP contribution in [0.15, 0.2) is 53.1 Å². The molecule has 0 aliphatic heterocycles. The fourth-order valence-corrected chi connectivity index (χ4v) is 3.80. The summed E-state index contributed by atoms with van der Waals surface area (Å²) in [6.07, 6.45) is 0. The standard InChI is InChI=1S/C20H22FN5O4S/c1-14-7-6-8-15(11-14)20-23-19(30-24-20)12-22-18(27)13-26(31(28,29)25(2)3)17-10-5-4-9-16(17)21/h4-11H,12-13H2,1-3H3,(H,22,27). The topological polar surface area (TPSA) is 109 Å². The van der Waals surface area contributed by atoms with Crippen LogP contribution in [0.3, 0.4) is 0 Å². The molecule has 31 heavy (non-hydrogen) atoms. The van der Waals surface area contributed by atoms with Crippen LogP contribution < -0.4 is 9.62 Å². The summed E-state index contributed by atoms with van der Waals surface area (Å²) in [6.45, 7) is 1.21. The molecule has 0 radical (unpaired) electrons. The maximum absolute atomic E-state index is 14.2. The summed E-state index contributed by atoms with van der Waals surface area (Å²) in [6, 6.07) is 12.9. The van der Waals surface area contributed by atoms with Gasteiger partial charge in [-0.2, -0.15) is 17.7 Å². The highest BCUT2D eigenvalue weighted by Gasteiger charge is 2.29. The summed E-state index contributed by atoms with van der Waals surface area (Å²) in [7, 11) is -1.52. The highest BCUT2D eigenvalue weighted by Crippen LogP contribution is 2.22. The fraction of sp³-hybridized carbons (Fsp3) is 0.250. The van der Waals surface area contributed by atoms with E-state index in [1.165, 1.54) is 32.3 Å². The lowest BCUT2D eigenvalue weighted by Crippen LogP contribution is -2.46. The van der Waals surface area contributed by atoms with E-state index in [4.69, 9.17) is 4.52 Å². The van der Waals surface area contributed by atoms with Crippen LogP contribution in [0.4, 0.5) is 10.1 Å². The molecule has 1 N–H and O–H groups in total. The number of hydrogen-bond acceptors (Lipinski definition) is 6. The molecular formula is C20H22FN5O4S. The molecule has 1 heterocycles. The van der Waals surface area contributed by atoms with Crippen molar-refractivity contribution < 1.29 is 22.1 Å². The number of anilines is 1. The van der Waals surface area contributed by atoms with E-state index in [-0.39, 0.29) is 18.1 Å². The Hall–Kier alpha value is -3.31. The molecule has 1 amide bonds. The zero-order chi connectivity index (χ0) is 22.6. The van der Waals surface area contributed by atoms with Gasteiger partial charge in [-0.15, -0.1) is 0 Å². The molecule has 1 aromatic heterocycles. The number of halogens is 1. The second-order valence-electron chi connectivity index (χ2n) is 6.91. The van der Waals surface area contributed by atoms with Gasteiger partial charge in [0.1, 0.15) is 12.4 Å². The smallest absolute Gasteiger partial charge is 0.304 e. The Morgan fingerprint density at radius 2 is 1.90 bits per heavy atom. The molecule has 11 heteroatoms. The molecule has 0 bridgehead atoms. The Morgan fingerprint density at radius 3 is 2.58 bits per heavy atom. The summed E-state index contributed by atoms with van der Waals surface area (Å²) in [5.41, 5.74) is 1.57. The first-order chi connectivity index (χ1) is 14.7. The summed E-state index contributed by atoms with van der Waals surface area (Å²) in [5, 5.41) is 6.41. The number of para-hydroxylation sites is 1. The molecular weight excluding hydrogens is 425 g/mol. The van der Waals surface area contributed by atoms with Crippen molar-refractivity contribution in [1.29, 1.82) is 0 Å². The van der Waals surface area contributed by atoms with E-state index in [1.54, 1.807) is 0 Å². The van der Waals surface area contributed by atoms with Gasteiger partial charge in [0.15, 0.2) is 0 Å². The molecule has 0 aliphatic carbocycles. The molecule has 0 saturated heterocycles. The van der Waals surface area contributed by atoms with E-state index in [0.29, 0.717) is 10.1 Å². The van der Waals surface area contributed by atoms with Crippen LogP contribution >= 0.6 is 0 Å². The number of carbonyl (C=O) groups excluding carboxylic acids is 1. The van der Waals surface area contributed by atoms with E-state index < -0.39 is 28.5 Å². The number of hydrogen-bond donors (Lipinski definition) is 1. The SMILES string of the molecule is Cc1cccc(-c2noc(CNC(=O)CN(c3ccccc3F)S(=O)(=O)N(C)C)n2)c1. The van der Waals surface area contributed by atoms with E-state index in [2.05, 4.69) is 15.5 Å². The lowest BCUT2D eigenvalue weighted by atomic mass is 10.1. The van der Waals surface area contributed by atoms with Gasteiger partial charge in [0.2, 0.25) is 17.6 Å². The molecule has 9 nitrogen and oxygen atoms in total. The van der Waals surface area contributed by atoms with Crippen molar-refractivity contribution in [2.75, 3.05) is 24.9 Å². The van der Waals surface area contributed by atoms with Crippen LogP contribution in [0.25, 0.3) is 11.4 Å². The van der Waals surface area contributed by atoms with Gasteiger partial charge in [-0.25, -0.2) is 8.70 Å². The lowest BCUT2D eigenvalue weighted by molar-refractivity contribution is -0.119. The number of nitrogens with zero attached hydrogens (tertiary/aromatic N) is 4. The second kappa shape index (κ2) is 9.23. The van der Waals surface area contributed by atoms with Gasteiger partial charge in [0, 0.05) is 19.7 Å². The van der Waals surface area contributed by atoms with Gasteiger partial charge in [-0.1, -0.05) is 41.1 Å². The predicted octanol–water partition coefficient (Wildman–Crippen LogP) is 2.11. The Bertz CT molecular complexity index is 1180. The third kappa shape index (κ3) is 5.25. The molecule has 164 valence electrons. The maximum Gasteiger partial charge on any atom is 0.304 e. The van der Waals surface area contributed by atoms with Gasteiger partial charge in [-0.05, 0) is 25.1 Å². The zero-order valence-corrected chi connectivity index (χ0v) is 18.1. The number of amides is 1. The molecule has 0 aliphatic rings. The van der Waals surface area contributed by atoms with Gasteiger partial charge >= 0.3 is 10.2 Å². The molecule has 0 spiro atoms. The van der Waals surface area contributed by atoms with Crippen LogP contribution in [0.1, 0.15) is 11.5 Å². The Balaban J connectivity index is 1.71. The number of carbonyl (C=O) groups is 1. The second-order valence-corrected chi connectivity index (χ2v) is 8.97. The number of benzene rings is 2. The van der Waals surface area contributed by atoms with Gasteiger partial charge in [-0.3, -0.25) is 4.79 Å². The first-order valence-corrected chi connectivity index (χ1v) is 10.7. The molecule has 0 atom stereocenters. The minimum Gasteiger partial charge on any atom is -0.345 e. The molecule has 3 rings (SSSR count). The summed E-state index contributed by atoms with van der Waals surface area (Å²) in [4.78, 5) is 16.7. The first kappa shape index (κ1) is 22.4. The largest absolute Gasteiger partial charge is 0.345 e. The van der Waals surface area contributed by atoms with Gasteiger partial charge < -0.3 is 9.84 Å². The molecule has 0 fully saturated rings. The average Bonchev–Trinajstić information content (AvgIpc) is 3.20. The lowest BCUT2D eigenvalue weighted by Gasteiger charge is -2.27. The number of aryl methyl sites for hydroxylation is 1. The highest BCUT2D eigenvalue weighted by molar-refractivity contribution is 7.90. The summed E-state index contributed by atoms with van der Waals surface area (Å²) in [5.74, 6) is -0.904. The number of rotatable bonds is 8. The molecule has 0 unspecified atom stereocenters. The molecule has 2 aromatic carbocycles. The third-order valence-corrected chi connectivity index (χ3v) is 6.14. The minimum atomic E-state index is -4.11. The first-order valence-electron chi connectivity index (χ1n) is 9.29. The summed E-state index contributed by atoms with van der Waals surface area (Å²) >= 11 is 0. The monoisotopic (exact) mass is 447 g/mol. The van der Waals surface area contributed by atoms with Crippen molar-refractivity contribution in [1.82, 2.24) is 19.8 Å². The van der Waals surface area contributed by atoms with Crippen LogP contribution in [-0.4, -0.2) is 49.4 Å². The van der Waals surface area contributed by atoms with E-state index in [1.807, 2.05) is 31.2 Å². The van der Waals surface area contributed by atoms with E-state index in [9.17, 15) is 17.6 Å². The van der Waals surface area contributed by atoms with Crippen LogP contribution in [-0.2, 0) is 21.5 Å². The Morgan fingerprint density at radius 1 is 1.16 bits per heavy atom. The predicted molar refractivity (Wildman–Crippen MR) is 113 cm³/mol. The van der Waals surface area contributed by atoms with E-state index >= 15 is 0 Å². The molecule has 3 aromatic rings. The summed E-state index contributed by atoms with van der Waals surface area (Å²) < 4.78 is 46.3. The minimum absolute atomic E-state index is 0.106. The average molecular weight is 447 g/mol. The maximum atomic E-state index is 14.2. The normalized spacial score (nSPS) is 11.5. The van der Waals surface area contributed by atoms with Crippen LogP contribution in [0, 0.1) is 12.7 Å². The Labute approximate surface area is 179 Å². The quantitative estimate of drug-likeness (QED) is 0.567. The number of aromatic nitrogens is 2. The van der Waals surface area contributed by atoms with Gasteiger partial charge in [0.05, 0.1) is 12.2 Å². The van der Waals surface area contributed by atoms with Crippen molar-refractivity contribution in [3.63, 3.8) is 0 Å². The van der Waals surface area contributed by atoms with Crippen molar-refractivity contribution >= 4 is 21.8 Å². The van der Waals surface area contributed by atoms with Gasteiger partial charge in [0.25, 0.3) is 0 Å². The highest BCUT2D eigenvalue weighted by atomic mass is 32.2. The van der Waals surface area contributed by atoms with Crippen LogP contribution in [0.5, 0.6) is 0 Å².